The van der Waals surface area contributed by atoms with Crippen molar-refractivity contribution in [2.45, 2.75) is 27.3 Å². The van der Waals surface area contributed by atoms with Gasteiger partial charge >= 0.3 is 0 Å². The second-order valence-corrected chi connectivity index (χ2v) is 7.63. The van der Waals surface area contributed by atoms with Crippen LogP contribution in [0.15, 0.2) is 53.3 Å². The van der Waals surface area contributed by atoms with Crippen LogP contribution in [0.5, 0.6) is 0 Å². The molecule has 0 aliphatic rings. The summed E-state index contributed by atoms with van der Waals surface area (Å²) in [5.74, 6) is 0.189. The van der Waals surface area contributed by atoms with Crippen LogP contribution in [0.1, 0.15) is 32.7 Å². The second kappa shape index (κ2) is 7.76. The average Bonchev–Trinajstić information content (AvgIpc) is 3.15. The molecule has 0 aliphatic carbocycles. The van der Waals surface area contributed by atoms with E-state index in [-0.39, 0.29) is 29.7 Å². The third kappa shape index (κ3) is 3.71. The monoisotopic (exact) mass is 421 g/mol. The summed E-state index contributed by atoms with van der Waals surface area (Å²) in [6.45, 7) is 5.74. The summed E-state index contributed by atoms with van der Waals surface area (Å²) in [5, 5.41) is 3.48. The fourth-order valence-corrected chi connectivity index (χ4v) is 3.21. The van der Waals surface area contributed by atoms with Gasteiger partial charge < -0.3 is 0 Å². The maximum Gasteiger partial charge on any atom is 0.277 e. The molecule has 0 spiro atoms. The van der Waals surface area contributed by atoms with Crippen LogP contribution in [0.3, 0.4) is 0 Å². The number of fused-ring (bicyclic) bond motifs is 1. The number of aryl methyl sites for hydroxylation is 2. The highest BCUT2D eigenvalue weighted by molar-refractivity contribution is 6.30. The SMILES string of the molecule is Cc1ccc(CN(C(=O)c2ccc(Cl)cc2)c2nc3nc(C)c(C)c(=O)n3[nH]2)cc1. The molecule has 7 nitrogen and oxygen atoms in total. The molecule has 0 saturated heterocycles. The Balaban J connectivity index is 1.82. The van der Waals surface area contributed by atoms with Gasteiger partial charge in [0.2, 0.25) is 5.95 Å². The van der Waals surface area contributed by atoms with Crippen molar-refractivity contribution in [2.75, 3.05) is 4.90 Å². The molecule has 0 aliphatic heterocycles. The first-order valence-electron chi connectivity index (χ1n) is 9.42. The van der Waals surface area contributed by atoms with Gasteiger partial charge in [0.25, 0.3) is 17.2 Å². The number of aromatic amines is 1. The smallest absolute Gasteiger partial charge is 0.272 e. The van der Waals surface area contributed by atoms with E-state index < -0.39 is 0 Å². The van der Waals surface area contributed by atoms with Gasteiger partial charge in [-0.3, -0.25) is 19.6 Å². The number of carbonyl (C=O) groups excluding carboxylic acids is 1. The third-order valence-electron chi connectivity index (χ3n) is 5.01. The number of nitrogens with zero attached hydrogens (tertiary/aromatic N) is 4. The highest BCUT2D eigenvalue weighted by Crippen LogP contribution is 2.19. The van der Waals surface area contributed by atoms with Crippen molar-refractivity contribution in [3.05, 3.63) is 91.9 Å². The van der Waals surface area contributed by atoms with E-state index in [9.17, 15) is 9.59 Å². The van der Waals surface area contributed by atoms with Crippen molar-refractivity contribution < 1.29 is 4.79 Å². The molecule has 4 rings (SSSR count). The molecule has 0 atom stereocenters. The van der Waals surface area contributed by atoms with Crippen molar-refractivity contribution in [1.82, 2.24) is 19.6 Å². The van der Waals surface area contributed by atoms with Gasteiger partial charge in [-0.05, 0) is 50.6 Å². The summed E-state index contributed by atoms with van der Waals surface area (Å²) < 4.78 is 1.26. The number of H-pyrrole nitrogens is 1. The van der Waals surface area contributed by atoms with Crippen LogP contribution < -0.4 is 10.5 Å². The van der Waals surface area contributed by atoms with Crippen LogP contribution in [0.2, 0.25) is 5.02 Å². The molecule has 1 N–H and O–H groups in total. The Morgan fingerprint density at radius 1 is 1.03 bits per heavy atom. The minimum Gasteiger partial charge on any atom is -0.272 e. The van der Waals surface area contributed by atoms with Crippen molar-refractivity contribution >= 4 is 29.2 Å². The molecule has 2 aromatic carbocycles. The Bertz CT molecular complexity index is 1290. The lowest BCUT2D eigenvalue weighted by Crippen LogP contribution is -2.31. The quantitative estimate of drug-likeness (QED) is 0.542. The minimum atomic E-state index is -0.271. The number of amides is 1. The van der Waals surface area contributed by atoms with Crippen LogP contribution in [0, 0.1) is 20.8 Å². The summed E-state index contributed by atoms with van der Waals surface area (Å²) >= 11 is 5.97. The topological polar surface area (TPSA) is 83.4 Å². The number of hydrogen-bond donors (Lipinski definition) is 1. The van der Waals surface area contributed by atoms with Gasteiger partial charge in [-0.15, -0.1) is 0 Å². The third-order valence-corrected chi connectivity index (χ3v) is 5.26. The van der Waals surface area contributed by atoms with Crippen LogP contribution in [0.4, 0.5) is 5.95 Å². The number of rotatable bonds is 4. The molecule has 0 saturated carbocycles. The van der Waals surface area contributed by atoms with Gasteiger partial charge in [0.15, 0.2) is 0 Å². The van der Waals surface area contributed by atoms with Gasteiger partial charge in [-0.25, -0.2) is 4.98 Å². The lowest BCUT2D eigenvalue weighted by atomic mass is 10.1. The standard InChI is InChI=1S/C22H20ClN5O2/c1-13-4-6-16(7-5-13)12-27(20(30)17-8-10-18(23)11-9-17)22-25-21-24-15(3)14(2)19(29)28(21)26-22/h4-11H,12H2,1-3H3,(H,24,25,26). The zero-order valence-electron chi connectivity index (χ0n) is 16.8. The molecule has 1 amide bonds. The largest absolute Gasteiger partial charge is 0.277 e. The van der Waals surface area contributed by atoms with Crippen LogP contribution in [-0.2, 0) is 6.54 Å². The lowest BCUT2D eigenvalue weighted by molar-refractivity contribution is 0.0983. The molecule has 0 unspecified atom stereocenters. The molecule has 8 heteroatoms. The number of aromatic nitrogens is 4. The Labute approximate surface area is 178 Å². The van der Waals surface area contributed by atoms with Crippen molar-refractivity contribution in [2.24, 2.45) is 0 Å². The number of halogens is 1. The van der Waals surface area contributed by atoms with Gasteiger partial charge in [-0.2, -0.15) is 9.50 Å². The van der Waals surface area contributed by atoms with E-state index in [4.69, 9.17) is 11.6 Å². The molecule has 4 aromatic rings. The van der Waals surface area contributed by atoms with Crippen molar-refractivity contribution in [3.8, 4) is 0 Å². The summed E-state index contributed by atoms with van der Waals surface area (Å²) in [4.78, 5) is 36.2. The maximum absolute atomic E-state index is 13.3. The number of nitrogens with one attached hydrogen (secondary N) is 1. The van der Waals surface area contributed by atoms with E-state index in [1.54, 1.807) is 38.1 Å². The molecule has 0 radical (unpaired) electrons. The molecule has 152 valence electrons. The highest BCUT2D eigenvalue weighted by Gasteiger charge is 2.23. The molecule has 0 bridgehead atoms. The average molecular weight is 422 g/mol. The summed E-state index contributed by atoms with van der Waals surface area (Å²) in [6, 6.07) is 14.5. The number of anilines is 1. The van der Waals surface area contributed by atoms with E-state index in [2.05, 4.69) is 15.1 Å². The Morgan fingerprint density at radius 2 is 1.70 bits per heavy atom. The molecular formula is C22H20ClN5O2. The predicted octanol–water partition coefficient (Wildman–Crippen LogP) is 3.84. The first-order chi connectivity index (χ1) is 14.3. The number of carbonyl (C=O) groups is 1. The number of hydrogen-bond acceptors (Lipinski definition) is 4. The van der Waals surface area contributed by atoms with Crippen molar-refractivity contribution in [1.29, 1.82) is 0 Å². The highest BCUT2D eigenvalue weighted by atomic mass is 35.5. The molecule has 2 heterocycles. The first-order valence-corrected chi connectivity index (χ1v) is 9.80. The van der Waals surface area contributed by atoms with E-state index in [0.29, 0.717) is 21.8 Å². The van der Waals surface area contributed by atoms with Crippen LogP contribution >= 0.6 is 11.6 Å². The van der Waals surface area contributed by atoms with Crippen LogP contribution in [-0.4, -0.2) is 25.5 Å². The molecule has 30 heavy (non-hydrogen) atoms. The van der Waals surface area contributed by atoms with Gasteiger partial charge in [0.05, 0.1) is 6.54 Å². The zero-order chi connectivity index (χ0) is 21.4. The van der Waals surface area contributed by atoms with Crippen LogP contribution in [0.25, 0.3) is 5.78 Å². The zero-order valence-corrected chi connectivity index (χ0v) is 17.6. The Kier molecular flexibility index (Phi) is 5.13. The van der Waals surface area contributed by atoms with Gasteiger partial charge in [-0.1, -0.05) is 41.4 Å². The summed E-state index contributed by atoms with van der Waals surface area (Å²) in [5.41, 5.74) is 3.39. The fraction of sp³-hybridized carbons (Fsp3) is 0.182. The maximum atomic E-state index is 13.3. The normalized spacial score (nSPS) is 11.1. The van der Waals surface area contributed by atoms with E-state index in [0.717, 1.165) is 11.1 Å². The lowest BCUT2D eigenvalue weighted by Gasteiger charge is -2.20. The second-order valence-electron chi connectivity index (χ2n) is 7.19. The Morgan fingerprint density at radius 3 is 2.37 bits per heavy atom. The Hall–Kier alpha value is -3.45. The van der Waals surface area contributed by atoms with Gasteiger partial charge in [0.1, 0.15) is 0 Å². The number of benzene rings is 2. The van der Waals surface area contributed by atoms with Crippen molar-refractivity contribution in [3.63, 3.8) is 0 Å². The first kappa shape index (κ1) is 19.8. The molecule has 0 fully saturated rings. The van der Waals surface area contributed by atoms with Gasteiger partial charge in [0, 0.05) is 21.8 Å². The molecular weight excluding hydrogens is 402 g/mol. The molecule has 2 aromatic heterocycles. The van der Waals surface area contributed by atoms with E-state index >= 15 is 0 Å². The van der Waals surface area contributed by atoms with E-state index in [1.165, 1.54) is 9.42 Å². The fourth-order valence-electron chi connectivity index (χ4n) is 3.08. The summed E-state index contributed by atoms with van der Waals surface area (Å²) in [6.07, 6.45) is 0. The minimum absolute atomic E-state index is 0.218. The predicted molar refractivity (Wildman–Crippen MR) is 116 cm³/mol. The summed E-state index contributed by atoms with van der Waals surface area (Å²) in [7, 11) is 0. The van der Waals surface area contributed by atoms with E-state index in [1.807, 2.05) is 31.2 Å².